The van der Waals surface area contributed by atoms with Gasteiger partial charge in [-0.1, -0.05) is 0 Å². The molecular formula is C17H23N3O5S. The van der Waals surface area contributed by atoms with Gasteiger partial charge in [-0.25, -0.2) is 9.59 Å². The van der Waals surface area contributed by atoms with Crippen LogP contribution >= 0.6 is 11.3 Å². The number of anilines is 1. The maximum absolute atomic E-state index is 12.7. The summed E-state index contributed by atoms with van der Waals surface area (Å²) in [5.41, 5.74) is 1.20. The van der Waals surface area contributed by atoms with Gasteiger partial charge < -0.3 is 15.4 Å². The Morgan fingerprint density at radius 1 is 1.19 bits per heavy atom. The van der Waals surface area contributed by atoms with Gasteiger partial charge in [0.2, 0.25) is 5.91 Å². The third kappa shape index (κ3) is 4.81. The number of carbonyl (C=O) groups is 4. The Labute approximate surface area is 155 Å². The molecule has 0 unspecified atom stereocenters. The molecule has 26 heavy (non-hydrogen) atoms. The van der Waals surface area contributed by atoms with Crippen LogP contribution in [0.4, 0.5) is 9.80 Å². The van der Waals surface area contributed by atoms with Crippen molar-refractivity contribution in [3.8, 4) is 0 Å². The van der Waals surface area contributed by atoms with Crippen LogP contribution in [0.1, 0.15) is 54.4 Å². The van der Waals surface area contributed by atoms with Crippen molar-refractivity contribution in [3.05, 3.63) is 16.0 Å². The Kier molecular flexibility index (Phi) is 6.73. The lowest BCUT2D eigenvalue weighted by Gasteiger charge is -2.16. The first-order valence-corrected chi connectivity index (χ1v) is 9.36. The average Bonchev–Trinajstić information content (AvgIpc) is 2.91. The van der Waals surface area contributed by atoms with Gasteiger partial charge >= 0.3 is 12.0 Å². The average molecular weight is 381 g/mol. The molecule has 0 fully saturated rings. The number of hydrogen-bond acceptors (Lipinski definition) is 6. The van der Waals surface area contributed by atoms with Gasteiger partial charge in [0.05, 0.1) is 5.56 Å². The van der Waals surface area contributed by atoms with Gasteiger partial charge in [-0.15, -0.1) is 11.3 Å². The van der Waals surface area contributed by atoms with Gasteiger partial charge in [-0.05, 0) is 45.1 Å². The van der Waals surface area contributed by atoms with E-state index in [1.165, 1.54) is 25.2 Å². The molecule has 1 aromatic heterocycles. The number of carbonyl (C=O) groups excluding carboxylic acids is 4. The highest BCUT2D eigenvalue weighted by molar-refractivity contribution is 7.17. The summed E-state index contributed by atoms with van der Waals surface area (Å²) in [6.07, 6.45) is 2.43. The van der Waals surface area contributed by atoms with E-state index >= 15 is 0 Å². The molecule has 1 aliphatic rings. The maximum Gasteiger partial charge on any atom is 0.342 e. The monoisotopic (exact) mass is 381 g/mol. The molecule has 142 valence electrons. The van der Waals surface area contributed by atoms with Gasteiger partial charge in [0, 0.05) is 18.3 Å². The van der Waals surface area contributed by atoms with Crippen LogP contribution in [0.15, 0.2) is 0 Å². The Morgan fingerprint density at radius 2 is 1.88 bits per heavy atom. The smallest absolute Gasteiger partial charge is 0.342 e. The summed E-state index contributed by atoms with van der Waals surface area (Å²) in [4.78, 5) is 48.5. The zero-order valence-corrected chi connectivity index (χ0v) is 15.9. The van der Waals surface area contributed by atoms with Crippen molar-refractivity contribution < 1.29 is 23.9 Å². The highest BCUT2D eigenvalue weighted by Crippen LogP contribution is 2.38. The minimum absolute atomic E-state index is 0.278. The van der Waals surface area contributed by atoms with Crippen LogP contribution in [0.5, 0.6) is 0 Å². The van der Waals surface area contributed by atoms with E-state index in [1.807, 2.05) is 0 Å². The first kappa shape index (κ1) is 19.9. The summed E-state index contributed by atoms with van der Waals surface area (Å²) in [5.74, 6) is -1.67. The molecule has 1 aliphatic carbocycles. The number of hydrogen-bond donors (Lipinski definition) is 3. The lowest BCUT2D eigenvalue weighted by Crippen LogP contribution is -2.44. The number of urea groups is 1. The molecule has 0 saturated carbocycles. The van der Waals surface area contributed by atoms with E-state index in [4.69, 9.17) is 4.74 Å². The molecular weight excluding hydrogens is 358 g/mol. The van der Waals surface area contributed by atoms with E-state index in [1.54, 1.807) is 6.92 Å². The molecule has 0 saturated heterocycles. The molecule has 0 bridgehead atoms. The summed E-state index contributed by atoms with van der Waals surface area (Å²) >= 11 is 1.37. The number of nitrogens with one attached hydrogen (secondary N) is 3. The third-order valence-corrected chi connectivity index (χ3v) is 5.10. The van der Waals surface area contributed by atoms with E-state index < -0.39 is 24.0 Å². The zero-order chi connectivity index (χ0) is 19.3. The van der Waals surface area contributed by atoms with E-state index in [0.717, 1.165) is 36.1 Å². The number of ether oxygens (including phenoxy) is 1. The van der Waals surface area contributed by atoms with E-state index in [-0.39, 0.29) is 5.91 Å². The number of thiophene rings is 1. The molecule has 9 heteroatoms. The molecule has 2 rings (SSSR count). The predicted octanol–water partition coefficient (Wildman–Crippen LogP) is 1.98. The predicted molar refractivity (Wildman–Crippen MR) is 97.4 cm³/mol. The SMILES string of the molecule is CCNC(=O)NC(=O)[C@H](C)OC(=O)c1c(NC(C)=O)sc2c1CCCC2. The number of imide groups is 1. The van der Waals surface area contributed by atoms with Crippen molar-refractivity contribution in [2.45, 2.75) is 52.6 Å². The largest absolute Gasteiger partial charge is 0.449 e. The minimum atomic E-state index is -1.14. The summed E-state index contributed by atoms with van der Waals surface area (Å²) in [7, 11) is 0. The zero-order valence-electron chi connectivity index (χ0n) is 15.1. The van der Waals surface area contributed by atoms with Gasteiger partial charge in [0.15, 0.2) is 6.10 Å². The van der Waals surface area contributed by atoms with Crippen molar-refractivity contribution in [1.29, 1.82) is 0 Å². The lowest BCUT2D eigenvalue weighted by atomic mass is 9.95. The van der Waals surface area contributed by atoms with Crippen molar-refractivity contribution in [2.24, 2.45) is 0 Å². The molecule has 0 radical (unpaired) electrons. The fourth-order valence-electron chi connectivity index (χ4n) is 2.72. The Hall–Kier alpha value is -2.42. The van der Waals surface area contributed by atoms with Gasteiger partial charge in [0.1, 0.15) is 5.00 Å². The number of aryl methyl sites for hydroxylation is 1. The van der Waals surface area contributed by atoms with E-state index in [9.17, 15) is 19.2 Å². The van der Waals surface area contributed by atoms with Crippen LogP contribution in [-0.2, 0) is 27.2 Å². The first-order chi connectivity index (χ1) is 12.3. The fourth-order valence-corrected chi connectivity index (χ4v) is 4.04. The molecule has 0 spiro atoms. The van der Waals surface area contributed by atoms with Crippen LogP contribution in [0.2, 0.25) is 0 Å². The molecule has 1 atom stereocenters. The second-order valence-electron chi connectivity index (χ2n) is 5.99. The topological polar surface area (TPSA) is 114 Å². The van der Waals surface area contributed by atoms with Crippen LogP contribution in [0.25, 0.3) is 0 Å². The first-order valence-electron chi connectivity index (χ1n) is 8.55. The summed E-state index contributed by atoms with van der Waals surface area (Å²) in [6.45, 7) is 4.85. The van der Waals surface area contributed by atoms with E-state index in [0.29, 0.717) is 17.1 Å². The van der Waals surface area contributed by atoms with Crippen molar-refractivity contribution >= 4 is 40.2 Å². The lowest BCUT2D eigenvalue weighted by molar-refractivity contribution is -0.128. The summed E-state index contributed by atoms with van der Waals surface area (Å²) in [6, 6.07) is -0.646. The molecule has 0 aliphatic heterocycles. The Bertz CT molecular complexity index is 728. The van der Waals surface area contributed by atoms with Crippen molar-refractivity contribution in [2.75, 3.05) is 11.9 Å². The molecule has 3 N–H and O–H groups in total. The normalized spacial score (nSPS) is 14.0. The molecule has 1 aromatic rings. The molecule has 1 heterocycles. The molecule has 8 nitrogen and oxygen atoms in total. The molecule has 0 aromatic carbocycles. The van der Waals surface area contributed by atoms with E-state index in [2.05, 4.69) is 16.0 Å². The maximum atomic E-state index is 12.7. The number of esters is 1. The van der Waals surface area contributed by atoms with Crippen molar-refractivity contribution in [3.63, 3.8) is 0 Å². The third-order valence-electron chi connectivity index (χ3n) is 3.89. The standard InChI is InChI=1S/C17H23N3O5S/c1-4-18-17(24)20-14(22)9(2)25-16(23)13-11-7-5-6-8-12(11)26-15(13)19-10(3)21/h9H,4-8H2,1-3H3,(H,19,21)(H2,18,20,22,24)/t9-/m0/s1. The van der Waals surface area contributed by atoms with Crippen LogP contribution in [0, 0.1) is 0 Å². The second-order valence-corrected chi connectivity index (χ2v) is 7.10. The summed E-state index contributed by atoms with van der Waals surface area (Å²) in [5, 5.41) is 7.66. The summed E-state index contributed by atoms with van der Waals surface area (Å²) < 4.78 is 5.25. The van der Waals surface area contributed by atoms with Crippen LogP contribution in [0.3, 0.4) is 0 Å². The quantitative estimate of drug-likeness (QED) is 0.675. The van der Waals surface area contributed by atoms with Crippen LogP contribution in [-0.4, -0.2) is 36.5 Å². The van der Waals surface area contributed by atoms with Crippen LogP contribution < -0.4 is 16.0 Å². The Morgan fingerprint density at radius 3 is 2.54 bits per heavy atom. The number of amides is 4. The minimum Gasteiger partial charge on any atom is -0.449 e. The highest BCUT2D eigenvalue weighted by atomic mass is 32.1. The fraction of sp³-hybridized carbons (Fsp3) is 0.529. The van der Waals surface area contributed by atoms with Gasteiger partial charge in [-0.3, -0.25) is 14.9 Å². The molecule has 4 amide bonds. The number of rotatable bonds is 5. The number of fused-ring (bicyclic) bond motifs is 1. The van der Waals surface area contributed by atoms with Gasteiger partial charge in [-0.2, -0.15) is 0 Å². The second kappa shape index (κ2) is 8.79. The van der Waals surface area contributed by atoms with Gasteiger partial charge in [0.25, 0.3) is 5.91 Å². The highest BCUT2D eigenvalue weighted by Gasteiger charge is 2.29. The van der Waals surface area contributed by atoms with Crippen molar-refractivity contribution in [1.82, 2.24) is 10.6 Å². The Balaban J connectivity index is 2.15.